The fourth-order valence-corrected chi connectivity index (χ4v) is 2.45. The van der Waals surface area contributed by atoms with E-state index in [1.54, 1.807) is 45.3 Å². The standard InChI is InChI=1S/C19H19F3N4O2/c1-18(2,3)28-17(27)24-10-12-4-5-14(23-9-12)15-11-26-7-6-13(19(20,21)22)8-16(26)25-15/h4-9,11H,10H2,1-3H3,(H,24,27). The number of alkyl carbamates (subject to hydrolysis) is 1. The van der Waals surface area contributed by atoms with Crippen molar-refractivity contribution in [2.45, 2.75) is 39.1 Å². The van der Waals surface area contributed by atoms with Gasteiger partial charge in [0.05, 0.1) is 11.3 Å². The minimum Gasteiger partial charge on any atom is -0.444 e. The molecule has 1 N–H and O–H groups in total. The molecule has 0 radical (unpaired) electrons. The van der Waals surface area contributed by atoms with Gasteiger partial charge in [-0.1, -0.05) is 6.07 Å². The Morgan fingerprint density at radius 3 is 2.54 bits per heavy atom. The topological polar surface area (TPSA) is 68.5 Å². The highest BCUT2D eigenvalue weighted by atomic mass is 19.4. The van der Waals surface area contributed by atoms with E-state index < -0.39 is 23.4 Å². The Kier molecular flexibility index (Phi) is 5.01. The zero-order chi connectivity index (χ0) is 20.5. The fourth-order valence-electron chi connectivity index (χ4n) is 2.45. The number of ether oxygens (including phenoxy) is 1. The molecule has 0 spiro atoms. The van der Waals surface area contributed by atoms with Gasteiger partial charge in [-0.2, -0.15) is 13.2 Å². The lowest BCUT2D eigenvalue weighted by molar-refractivity contribution is -0.137. The number of rotatable bonds is 3. The molecule has 3 rings (SSSR count). The average Bonchev–Trinajstić information content (AvgIpc) is 3.01. The summed E-state index contributed by atoms with van der Waals surface area (Å²) in [6.07, 6.45) is -0.464. The first-order chi connectivity index (χ1) is 13.0. The van der Waals surface area contributed by atoms with E-state index in [2.05, 4.69) is 15.3 Å². The second-order valence-corrected chi connectivity index (χ2v) is 7.21. The van der Waals surface area contributed by atoms with Gasteiger partial charge in [-0.25, -0.2) is 9.78 Å². The molecular formula is C19H19F3N4O2. The maximum Gasteiger partial charge on any atom is 0.416 e. The zero-order valence-corrected chi connectivity index (χ0v) is 15.5. The Balaban J connectivity index is 1.72. The van der Waals surface area contributed by atoms with Gasteiger partial charge in [0.2, 0.25) is 0 Å². The highest BCUT2D eigenvalue weighted by Crippen LogP contribution is 2.30. The van der Waals surface area contributed by atoms with E-state index in [1.165, 1.54) is 10.6 Å². The van der Waals surface area contributed by atoms with Gasteiger partial charge < -0.3 is 14.5 Å². The molecule has 0 saturated carbocycles. The number of amides is 1. The first-order valence-corrected chi connectivity index (χ1v) is 8.49. The first-order valence-electron chi connectivity index (χ1n) is 8.49. The third kappa shape index (κ3) is 4.79. The highest BCUT2D eigenvalue weighted by molar-refractivity contribution is 5.67. The number of nitrogens with zero attached hydrogens (tertiary/aromatic N) is 3. The molecule has 0 fully saturated rings. The quantitative estimate of drug-likeness (QED) is 0.716. The van der Waals surface area contributed by atoms with Crippen molar-refractivity contribution in [1.29, 1.82) is 0 Å². The molecule has 0 atom stereocenters. The molecule has 9 heteroatoms. The van der Waals surface area contributed by atoms with Gasteiger partial charge in [0, 0.05) is 25.1 Å². The minimum absolute atomic E-state index is 0.183. The molecule has 0 bridgehead atoms. The van der Waals surface area contributed by atoms with Crippen LogP contribution in [0.5, 0.6) is 0 Å². The number of imidazole rings is 1. The number of hydrogen-bond donors (Lipinski definition) is 1. The molecular weight excluding hydrogens is 373 g/mol. The Labute approximate surface area is 159 Å². The van der Waals surface area contributed by atoms with Crippen LogP contribution in [-0.2, 0) is 17.5 Å². The Hall–Kier alpha value is -3.10. The van der Waals surface area contributed by atoms with Crippen molar-refractivity contribution in [3.05, 3.63) is 54.0 Å². The monoisotopic (exact) mass is 392 g/mol. The number of aromatic nitrogens is 3. The maximum absolute atomic E-state index is 12.8. The summed E-state index contributed by atoms with van der Waals surface area (Å²) in [7, 11) is 0. The third-order valence-corrected chi connectivity index (χ3v) is 3.71. The molecule has 0 unspecified atom stereocenters. The summed E-state index contributed by atoms with van der Waals surface area (Å²) in [5.41, 5.74) is 0.555. The lowest BCUT2D eigenvalue weighted by Gasteiger charge is -2.19. The molecule has 3 heterocycles. The summed E-state index contributed by atoms with van der Waals surface area (Å²) in [4.78, 5) is 20.2. The maximum atomic E-state index is 12.8. The molecule has 0 aliphatic rings. The van der Waals surface area contributed by atoms with Crippen LogP contribution < -0.4 is 5.32 Å². The lowest BCUT2D eigenvalue weighted by atomic mass is 10.2. The van der Waals surface area contributed by atoms with Crippen LogP contribution in [0.25, 0.3) is 17.0 Å². The van der Waals surface area contributed by atoms with Crippen LogP contribution in [0.1, 0.15) is 31.9 Å². The number of carbonyl (C=O) groups is 1. The van der Waals surface area contributed by atoms with Crippen molar-refractivity contribution < 1.29 is 22.7 Å². The lowest BCUT2D eigenvalue weighted by Crippen LogP contribution is -2.32. The summed E-state index contributed by atoms with van der Waals surface area (Å²) in [6.45, 7) is 5.56. The highest BCUT2D eigenvalue weighted by Gasteiger charge is 2.30. The number of carbonyl (C=O) groups excluding carboxylic acids is 1. The molecule has 3 aromatic heterocycles. The van der Waals surface area contributed by atoms with E-state index in [1.807, 2.05) is 0 Å². The van der Waals surface area contributed by atoms with Crippen molar-refractivity contribution in [1.82, 2.24) is 19.7 Å². The van der Waals surface area contributed by atoms with Crippen LogP contribution in [0.4, 0.5) is 18.0 Å². The van der Waals surface area contributed by atoms with Gasteiger partial charge in [-0.05, 0) is 44.5 Å². The van der Waals surface area contributed by atoms with Crippen LogP contribution in [0.3, 0.4) is 0 Å². The van der Waals surface area contributed by atoms with Gasteiger partial charge in [-0.3, -0.25) is 4.98 Å². The molecule has 1 amide bonds. The van der Waals surface area contributed by atoms with E-state index in [4.69, 9.17) is 4.74 Å². The van der Waals surface area contributed by atoms with Crippen LogP contribution in [0, 0.1) is 0 Å². The van der Waals surface area contributed by atoms with Crippen molar-refractivity contribution in [3.63, 3.8) is 0 Å². The summed E-state index contributed by atoms with van der Waals surface area (Å²) in [6, 6.07) is 5.43. The molecule has 3 aromatic rings. The van der Waals surface area contributed by atoms with Crippen molar-refractivity contribution in [3.8, 4) is 11.4 Å². The molecule has 28 heavy (non-hydrogen) atoms. The molecule has 0 saturated heterocycles. The summed E-state index contributed by atoms with van der Waals surface area (Å²) < 4.78 is 45.1. The smallest absolute Gasteiger partial charge is 0.416 e. The van der Waals surface area contributed by atoms with Gasteiger partial charge in [0.25, 0.3) is 0 Å². The van der Waals surface area contributed by atoms with Crippen LogP contribution in [0.15, 0.2) is 42.9 Å². The number of pyridine rings is 2. The minimum atomic E-state index is -4.42. The van der Waals surface area contributed by atoms with E-state index in [0.717, 1.165) is 17.7 Å². The van der Waals surface area contributed by atoms with E-state index in [0.29, 0.717) is 11.4 Å². The molecule has 148 valence electrons. The van der Waals surface area contributed by atoms with E-state index in [9.17, 15) is 18.0 Å². The molecule has 6 nitrogen and oxygen atoms in total. The number of nitrogens with one attached hydrogen (secondary N) is 1. The SMILES string of the molecule is CC(C)(C)OC(=O)NCc1ccc(-c2cn3ccc(C(F)(F)F)cc3n2)nc1. The largest absolute Gasteiger partial charge is 0.444 e. The van der Waals surface area contributed by atoms with E-state index >= 15 is 0 Å². The normalized spacial score (nSPS) is 12.2. The number of alkyl halides is 3. The summed E-state index contributed by atoms with van der Waals surface area (Å²) >= 11 is 0. The number of halogens is 3. The van der Waals surface area contributed by atoms with Crippen LogP contribution in [0.2, 0.25) is 0 Å². The Morgan fingerprint density at radius 2 is 1.93 bits per heavy atom. The average molecular weight is 392 g/mol. The third-order valence-electron chi connectivity index (χ3n) is 3.71. The number of hydrogen-bond acceptors (Lipinski definition) is 4. The van der Waals surface area contributed by atoms with Crippen molar-refractivity contribution in [2.75, 3.05) is 0 Å². The summed E-state index contributed by atoms with van der Waals surface area (Å²) in [5.74, 6) is 0. The Bertz CT molecular complexity index is 989. The van der Waals surface area contributed by atoms with Gasteiger partial charge in [-0.15, -0.1) is 0 Å². The molecule has 0 aliphatic carbocycles. The second-order valence-electron chi connectivity index (χ2n) is 7.21. The Morgan fingerprint density at radius 1 is 1.18 bits per heavy atom. The second kappa shape index (κ2) is 7.14. The van der Waals surface area contributed by atoms with Gasteiger partial charge in [0.15, 0.2) is 0 Å². The fraction of sp³-hybridized carbons (Fsp3) is 0.316. The van der Waals surface area contributed by atoms with Crippen molar-refractivity contribution >= 4 is 11.7 Å². The zero-order valence-electron chi connectivity index (χ0n) is 15.5. The predicted octanol–water partition coefficient (Wildman–Crippen LogP) is 4.44. The van der Waals surface area contributed by atoms with Gasteiger partial charge in [0.1, 0.15) is 16.9 Å². The van der Waals surface area contributed by atoms with Crippen molar-refractivity contribution in [2.24, 2.45) is 0 Å². The molecule has 0 aliphatic heterocycles. The number of fused-ring (bicyclic) bond motifs is 1. The van der Waals surface area contributed by atoms with Crippen LogP contribution in [-0.4, -0.2) is 26.1 Å². The summed E-state index contributed by atoms with van der Waals surface area (Å²) in [5, 5.41) is 2.63. The van der Waals surface area contributed by atoms with E-state index in [-0.39, 0.29) is 12.2 Å². The molecule has 0 aromatic carbocycles. The van der Waals surface area contributed by atoms with Crippen LogP contribution >= 0.6 is 0 Å². The van der Waals surface area contributed by atoms with Gasteiger partial charge >= 0.3 is 12.3 Å². The predicted molar refractivity (Wildman–Crippen MR) is 96.5 cm³/mol. The first kappa shape index (κ1) is 19.7.